The van der Waals surface area contributed by atoms with Gasteiger partial charge in [-0.05, 0) is 12.5 Å². The van der Waals surface area contributed by atoms with Gasteiger partial charge in [-0.3, -0.25) is 9.48 Å². The molecule has 90 valence electrons. The van der Waals surface area contributed by atoms with Crippen LogP contribution in [0, 0.1) is 0 Å². The van der Waals surface area contributed by atoms with Crippen molar-refractivity contribution >= 4 is 5.91 Å². The van der Waals surface area contributed by atoms with Crippen LogP contribution in [0.5, 0.6) is 0 Å². The molecule has 0 bridgehead atoms. The van der Waals surface area contributed by atoms with E-state index < -0.39 is 0 Å². The van der Waals surface area contributed by atoms with Crippen LogP contribution in [0.2, 0.25) is 0 Å². The molecular weight excluding hydrogens is 208 g/mol. The first kappa shape index (κ1) is 12.7. The Hall–Kier alpha value is -1.40. The fourth-order valence-corrected chi connectivity index (χ4v) is 1.19. The Kier molecular flexibility index (Phi) is 5.52. The maximum absolute atomic E-state index is 11.5. The Balaban J connectivity index is 2.11. The molecule has 0 saturated heterocycles. The normalized spacial score (nSPS) is 10.4. The number of carbonyl (C=O) groups is 1. The Morgan fingerprint density at radius 1 is 1.62 bits per heavy atom. The zero-order valence-corrected chi connectivity index (χ0v) is 9.48. The molecule has 1 amide bonds. The van der Waals surface area contributed by atoms with Crippen LogP contribution in [0.15, 0.2) is 12.3 Å². The first-order chi connectivity index (χ1) is 7.74. The van der Waals surface area contributed by atoms with Crippen LogP contribution < -0.4 is 11.1 Å². The molecule has 16 heavy (non-hydrogen) atoms. The van der Waals surface area contributed by atoms with Gasteiger partial charge in [0, 0.05) is 32.9 Å². The molecule has 0 aliphatic rings. The van der Waals surface area contributed by atoms with E-state index >= 15 is 0 Å². The maximum Gasteiger partial charge on any atom is 0.271 e. The van der Waals surface area contributed by atoms with Crippen molar-refractivity contribution in [2.75, 3.05) is 26.3 Å². The number of amides is 1. The number of nitrogens with two attached hydrogens (primary N) is 1. The number of aryl methyl sites for hydroxylation is 1. The molecule has 1 heterocycles. The standard InChI is InChI=1S/C10H18N4O2/c1-14-6-3-9(13-14)10(15)12-5-2-7-16-8-4-11/h3,6H,2,4-5,7-8,11H2,1H3,(H,12,15). The van der Waals surface area contributed by atoms with Gasteiger partial charge in [0.15, 0.2) is 0 Å². The first-order valence-electron chi connectivity index (χ1n) is 5.29. The van der Waals surface area contributed by atoms with Gasteiger partial charge in [-0.1, -0.05) is 0 Å². The number of nitrogens with zero attached hydrogens (tertiary/aromatic N) is 2. The average molecular weight is 226 g/mol. The number of hydrogen-bond acceptors (Lipinski definition) is 4. The summed E-state index contributed by atoms with van der Waals surface area (Å²) >= 11 is 0. The topological polar surface area (TPSA) is 82.2 Å². The number of ether oxygens (including phenoxy) is 1. The fourth-order valence-electron chi connectivity index (χ4n) is 1.19. The summed E-state index contributed by atoms with van der Waals surface area (Å²) in [7, 11) is 1.78. The van der Waals surface area contributed by atoms with E-state index in [1.54, 1.807) is 24.0 Å². The van der Waals surface area contributed by atoms with Gasteiger partial charge >= 0.3 is 0 Å². The Morgan fingerprint density at radius 2 is 2.44 bits per heavy atom. The van der Waals surface area contributed by atoms with Crippen LogP contribution in [-0.4, -0.2) is 42.0 Å². The highest BCUT2D eigenvalue weighted by atomic mass is 16.5. The Labute approximate surface area is 94.8 Å². The van der Waals surface area contributed by atoms with Crippen LogP contribution in [0.4, 0.5) is 0 Å². The van der Waals surface area contributed by atoms with Gasteiger partial charge < -0.3 is 15.8 Å². The molecule has 1 rings (SSSR count). The summed E-state index contributed by atoms with van der Waals surface area (Å²) < 4.78 is 6.77. The van der Waals surface area contributed by atoms with Gasteiger partial charge in [0.25, 0.3) is 5.91 Å². The molecule has 1 aromatic heterocycles. The van der Waals surface area contributed by atoms with Gasteiger partial charge in [-0.15, -0.1) is 0 Å². The highest BCUT2D eigenvalue weighted by molar-refractivity contribution is 5.92. The third-order valence-corrected chi connectivity index (χ3v) is 1.96. The van der Waals surface area contributed by atoms with Crippen LogP contribution in [0.1, 0.15) is 16.9 Å². The summed E-state index contributed by atoms with van der Waals surface area (Å²) in [5, 5.41) is 6.76. The Bertz CT molecular complexity index is 324. The molecule has 0 aliphatic carbocycles. The lowest BCUT2D eigenvalue weighted by Crippen LogP contribution is -2.26. The van der Waals surface area contributed by atoms with Gasteiger partial charge in [-0.2, -0.15) is 5.10 Å². The third-order valence-electron chi connectivity index (χ3n) is 1.96. The molecule has 3 N–H and O–H groups in total. The molecule has 0 unspecified atom stereocenters. The SMILES string of the molecule is Cn1ccc(C(=O)NCCCOCCN)n1. The van der Waals surface area contributed by atoms with E-state index in [1.165, 1.54) is 0 Å². The zero-order valence-electron chi connectivity index (χ0n) is 9.48. The lowest BCUT2D eigenvalue weighted by Gasteiger charge is -2.03. The molecule has 0 fully saturated rings. The summed E-state index contributed by atoms with van der Waals surface area (Å²) in [6.07, 6.45) is 2.51. The summed E-state index contributed by atoms with van der Waals surface area (Å²) in [6, 6.07) is 1.68. The molecule has 1 aromatic rings. The number of hydrogen-bond donors (Lipinski definition) is 2. The highest BCUT2D eigenvalue weighted by Crippen LogP contribution is 1.93. The second-order valence-electron chi connectivity index (χ2n) is 3.39. The zero-order chi connectivity index (χ0) is 11.8. The van der Waals surface area contributed by atoms with Crippen molar-refractivity contribution in [3.63, 3.8) is 0 Å². The molecule has 6 nitrogen and oxygen atoms in total. The molecule has 0 aliphatic heterocycles. The van der Waals surface area contributed by atoms with Crippen LogP contribution in [0.25, 0.3) is 0 Å². The van der Waals surface area contributed by atoms with E-state index in [-0.39, 0.29) is 5.91 Å². The molecule has 0 aromatic carbocycles. The number of nitrogens with one attached hydrogen (secondary N) is 1. The van der Waals surface area contributed by atoms with Crippen LogP contribution in [-0.2, 0) is 11.8 Å². The lowest BCUT2D eigenvalue weighted by atomic mass is 10.4. The monoisotopic (exact) mass is 226 g/mol. The van der Waals surface area contributed by atoms with E-state index in [0.717, 1.165) is 6.42 Å². The quantitative estimate of drug-likeness (QED) is 0.615. The summed E-state index contributed by atoms with van der Waals surface area (Å²) in [6.45, 7) is 2.29. The predicted molar refractivity (Wildman–Crippen MR) is 60.0 cm³/mol. The van der Waals surface area contributed by atoms with Crippen LogP contribution in [0.3, 0.4) is 0 Å². The van der Waals surface area contributed by atoms with E-state index in [4.69, 9.17) is 10.5 Å². The lowest BCUT2D eigenvalue weighted by molar-refractivity contribution is 0.0937. The van der Waals surface area contributed by atoms with Gasteiger partial charge in [0.05, 0.1) is 6.61 Å². The Morgan fingerprint density at radius 3 is 3.06 bits per heavy atom. The van der Waals surface area contributed by atoms with Crippen LogP contribution >= 0.6 is 0 Å². The minimum Gasteiger partial charge on any atom is -0.380 e. The van der Waals surface area contributed by atoms with Gasteiger partial charge in [0.1, 0.15) is 5.69 Å². The van der Waals surface area contributed by atoms with Crippen molar-refractivity contribution in [2.45, 2.75) is 6.42 Å². The molecule has 0 spiro atoms. The smallest absolute Gasteiger partial charge is 0.271 e. The molecule has 6 heteroatoms. The van der Waals surface area contributed by atoms with Crippen molar-refractivity contribution in [1.29, 1.82) is 0 Å². The predicted octanol–water partition coefficient (Wildman–Crippen LogP) is -0.485. The molecular formula is C10H18N4O2. The molecule has 0 radical (unpaired) electrons. The molecule has 0 saturated carbocycles. The van der Waals surface area contributed by atoms with E-state index in [2.05, 4.69) is 10.4 Å². The van der Waals surface area contributed by atoms with Crippen molar-refractivity contribution < 1.29 is 9.53 Å². The second kappa shape index (κ2) is 6.97. The number of carbonyl (C=O) groups excluding carboxylic acids is 1. The van der Waals surface area contributed by atoms with Crippen molar-refractivity contribution in [1.82, 2.24) is 15.1 Å². The van der Waals surface area contributed by atoms with Gasteiger partial charge in [-0.25, -0.2) is 0 Å². The summed E-state index contributed by atoms with van der Waals surface area (Å²) in [5.41, 5.74) is 5.70. The molecule has 0 atom stereocenters. The minimum absolute atomic E-state index is 0.153. The van der Waals surface area contributed by atoms with Gasteiger partial charge in [0.2, 0.25) is 0 Å². The largest absolute Gasteiger partial charge is 0.380 e. The number of rotatable bonds is 7. The van der Waals surface area contributed by atoms with Crippen molar-refractivity contribution in [2.24, 2.45) is 12.8 Å². The van der Waals surface area contributed by atoms with E-state index in [9.17, 15) is 4.79 Å². The minimum atomic E-state index is -0.153. The average Bonchev–Trinajstić information content (AvgIpc) is 2.70. The third kappa shape index (κ3) is 4.41. The summed E-state index contributed by atoms with van der Waals surface area (Å²) in [5.74, 6) is -0.153. The summed E-state index contributed by atoms with van der Waals surface area (Å²) in [4.78, 5) is 11.5. The second-order valence-corrected chi connectivity index (χ2v) is 3.39. The maximum atomic E-state index is 11.5. The first-order valence-corrected chi connectivity index (χ1v) is 5.29. The number of aromatic nitrogens is 2. The fraction of sp³-hybridized carbons (Fsp3) is 0.600. The van der Waals surface area contributed by atoms with Crippen molar-refractivity contribution in [3.8, 4) is 0 Å². The highest BCUT2D eigenvalue weighted by Gasteiger charge is 2.06. The van der Waals surface area contributed by atoms with E-state index in [1.807, 2.05) is 0 Å². The van der Waals surface area contributed by atoms with Crippen molar-refractivity contribution in [3.05, 3.63) is 18.0 Å². The van der Waals surface area contributed by atoms with E-state index in [0.29, 0.717) is 32.0 Å².